The van der Waals surface area contributed by atoms with E-state index in [-0.39, 0.29) is 6.42 Å². The second-order valence-electron chi connectivity index (χ2n) is 3.94. The fourth-order valence-corrected chi connectivity index (χ4v) is 1.68. The summed E-state index contributed by atoms with van der Waals surface area (Å²) in [4.78, 5) is 34.3. The minimum atomic E-state index is -1.03. The van der Waals surface area contributed by atoms with Crippen molar-refractivity contribution in [2.24, 2.45) is 5.92 Å². The lowest BCUT2D eigenvalue weighted by Crippen LogP contribution is -2.28. The number of para-hydroxylation sites is 1. The van der Waals surface area contributed by atoms with Crippen molar-refractivity contribution in [3.05, 3.63) is 29.8 Å². The average Bonchev–Trinajstić information content (AvgIpc) is 2.71. The Hall–Kier alpha value is -2.88. The summed E-state index contributed by atoms with van der Waals surface area (Å²) in [7, 11) is 0. The number of benzene rings is 1. The topological polar surface area (TPSA) is 111 Å². The molecule has 0 saturated carbocycles. The van der Waals surface area contributed by atoms with Gasteiger partial charge in [-0.2, -0.15) is 5.26 Å². The smallest absolute Gasteiger partial charge is 0.251 e. The zero-order valence-corrected chi connectivity index (χ0v) is 9.77. The van der Waals surface area contributed by atoms with Gasteiger partial charge in [0.1, 0.15) is 12.0 Å². The number of hydrazine groups is 1. The van der Waals surface area contributed by atoms with E-state index in [4.69, 9.17) is 5.26 Å². The highest BCUT2D eigenvalue weighted by molar-refractivity contribution is 6.09. The first-order chi connectivity index (χ1) is 9.11. The Balaban J connectivity index is 2.04. The summed E-state index contributed by atoms with van der Waals surface area (Å²) in [6.45, 7) is 0. The minimum absolute atomic E-state index is 0.266. The summed E-state index contributed by atoms with van der Waals surface area (Å²) in [5.41, 5.74) is 4.95. The summed E-state index contributed by atoms with van der Waals surface area (Å²) in [5, 5.41) is 11.4. The van der Waals surface area contributed by atoms with Gasteiger partial charge in [-0.1, -0.05) is 12.1 Å². The molecule has 1 fully saturated rings. The molecule has 3 amide bonds. The quantitative estimate of drug-likeness (QED) is 0.644. The first-order valence-corrected chi connectivity index (χ1v) is 5.50. The Kier molecular flexibility index (Phi) is 3.43. The molecule has 1 aliphatic rings. The summed E-state index contributed by atoms with van der Waals surface area (Å²) in [5.74, 6) is -2.60. The van der Waals surface area contributed by atoms with Gasteiger partial charge in [0.2, 0.25) is 5.91 Å². The number of nitrogens with one attached hydrogen (secondary N) is 3. The largest absolute Gasteiger partial charge is 0.325 e. The summed E-state index contributed by atoms with van der Waals surface area (Å²) >= 11 is 0. The molecule has 1 saturated heterocycles. The van der Waals surface area contributed by atoms with Crippen LogP contribution in [-0.4, -0.2) is 17.7 Å². The molecule has 0 unspecified atom stereocenters. The molecule has 7 heteroatoms. The van der Waals surface area contributed by atoms with Gasteiger partial charge in [-0.05, 0) is 12.1 Å². The van der Waals surface area contributed by atoms with E-state index in [0.717, 1.165) is 0 Å². The molecule has 7 nitrogen and oxygen atoms in total. The highest BCUT2D eigenvalue weighted by Gasteiger charge is 2.34. The number of amides is 3. The molecule has 0 radical (unpaired) electrons. The Bertz CT molecular complexity index is 575. The van der Waals surface area contributed by atoms with Crippen molar-refractivity contribution in [3.63, 3.8) is 0 Å². The predicted molar refractivity (Wildman–Crippen MR) is 64.2 cm³/mol. The van der Waals surface area contributed by atoms with Crippen molar-refractivity contribution in [1.82, 2.24) is 10.9 Å². The van der Waals surface area contributed by atoms with E-state index in [1.807, 2.05) is 6.07 Å². The summed E-state index contributed by atoms with van der Waals surface area (Å²) in [6.07, 6.45) is -0.266. The van der Waals surface area contributed by atoms with Crippen LogP contribution in [0, 0.1) is 17.2 Å². The summed E-state index contributed by atoms with van der Waals surface area (Å²) < 4.78 is 0. The molecule has 96 valence electrons. The van der Waals surface area contributed by atoms with Crippen molar-refractivity contribution in [3.8, 4) is 6.07 Å². The van der Waals surface area contributed by atoms with Gasteiger partial charge in [0.25, 0.3) is 11.8 Å². The molecule has 0 bridgehead atoms. The SMILES string of the molecule is N#Cc1ccccc1NC(=O)CC1C(=O)NNC1=O. The van der Waals surface area contributed by atoms with Crippen LogP contribution in [0.2, 0.25) is 0 Å². The third kappa shape index (κ3) is 2.69. The van der Waals surface area contributed by atoms with Crippen LogP contribution in [0.5, 0.6) is 0 Å². The lowest BCUT2D eigenvalue weighted by atomic mass is 10.0. The van der Waals surface area contributed by atoms with Gasteiger partial charge >= 0.3 is 0 Å². The maximum Gasteiger partial charge on any atom is 0.251 e. The van der Waals surface area contributed by atoms with E-state index in [0.29, 0.717) is 11.3 Å². The lowest BCUT2D eigenvalue weighted by molar-refractivity contribution is -0.131. The molecule has 3 N–H and O–H groups in total. The number of carbonyl (C=O) groups is 3. The van der Waals surface area contributed by atoms with Crippen LogP contribution in [0.1, 0.15) is 12.0 Å². The van der Waals surface area contributed by atoms with Gasteiger partial charge in [0.15, 0.2) is 0 Å². The normalized spacial score (nSPS) is 14.5. The van der Waals surface area contributed by atoms with E-state index < -0.39 is 23.6 Å². The number of hydrogen-bond donors (Lipinski definition) is 3. The zero-order chi connectivity index (χ0) is 13.8. The van der Waals surface area contributed by atoms with Crippen LogP contribution in [0.3, 0.4) is 0 Å². The number of anilines is 1. The van der Waals surface area contributed by atoms with Crippen LogP contribution < -0.4 is 16.2 Å². The van der Waals surface area contributed by atoms with Crippen molar-refractivity contribution < 1.29 is 14.4 Å². The number of hydrogen-bond acceptors (Lipinski definition) is 4. The zero-order valence-electron chi connectivity index (χ0n) is 9.77. The van der Waals surface area contributed by atoms with Crippen molar-refractivity contribution >= 4 is 23.4 Å². The molecule has 1 aromatic rings. The van der Waals surface area contributed by atoms with Crippen LogP contribution in [0.15, 0.2) is 24.3 Å². The van der Waals surface area contributed by atoms with Gasteiger partial charge in [-0.25, -0.2) is 0 Å². The molecular weight excluding hydrogens is 248 g/mol. The molecule has 0 aromatic heterocycles. The van der Waals surface area contributed by atoms with E-state index in [9.17, 15) is 14.4 Å². The fraction of sp³-hybridized carbons (Fsp3) is 0.167. The van der Waals surface area contributed by atoms with E-state index in [1.165, 1.54) is 0 Å². The highest BCUT2D eigenvalue weighted by atomic mass is 16.2. The Morgan fingerprint density at radius 3 is 2.53 bits per heavy atom. The van der Waals surface area contributed by atoms with Crippen LogP contribution in [-0.2, 0) is 14.4 Å². The third-order valence-electron chi connectivity index (χ3n) is 2.65. The van der Waals surface area contributed by atoms with Gasteiger partial charge in [0, 0.05) is 6.42 Å². The van der Waals surface area contributed by atoms with Gasteiger partial charge in [-0.3, -0.25) is 25.2 Å². The number of nitriles is 1. The van der Waals surface area contributed by atoms with Crippen LogP contribution in [0.25, 0.3) is 0 Å². The van der Waals surface area contributed by atoms with Crippen LogP contribution >= 0.6 is 0 Å². The lowest BCUT2D eigenvalue weighted by Gasteiger charge is -2.07. The van der Waals surface area contributed by atoms with Crippen molar-refractivity contribution in [2.75, 3.05) is 5.32 Å². The maximum atomic E-state index is 11.7. The Labute approximate surface area is 108 Å². The molecule has 0 spiro atoms. The standard InChI is InChI=1S/C12H10N4O3/c13-6-7-3-1-2-4-9(7)14-10(17)5-8-11(18)15-16-12(8)19/h1-4,8H,5H2,(H,14,17)(H,15,18)(H,16,19). The second-order valence-corrected chi connectivity index (χ2v) is 3.94. The van der Waals surface area contributed by atoms with E-state index in [2.05, 4.69) is 16.2 Å². The van der Waals surface area contributed by atoms with E-state index in [1.54, 1.807) is 24.3 Å². The molecule has 1 aliphatic heterocycles. The molecule has 1 aromatic carbocycles. The second kappa shape index (κ2) is 5.18. The Morgan fingerprint density at radius 2 is 1.89 bits per heavy atom. The highest BCUT2D eigenvalue weighted by Crippen LogP contribution is 2.15. The molecule has 0 aliphatic carbocycles. The number of nitrogens with zero attached hydrogens (tertiary/aromatic N) is 1. The third-order valence-corrected chi connectivity index (χ3v) is 2.65. The number of carbonyl (C=O) groups excluding carboxylic acids is 3. The molecule has 0 atom stereocenters. The first kappa shape index (κ1) is 12.6. The van der Waals surface area contributed by atoms with Gasteiger partial charge in [-0.15, -0.1) is 0 Å². The minimum Gasteiger partial charge on any atom is -0.325 e. The predicted octanol–water partition coefficient (Wildman–Crippen LogP) is -0.336. The molecule has 1 heterocycles. The molecule has 2 rings (SSSR count). The van der Waals surface area contributed by atoms with Crippen molar-refractivity contribution in [2.45, 2.75) is 6.42 Å². The fourth-order valence-electron chi connectivity index (χ4n) is 1.68. The monoisotopic (exact) mass is 258 g/mol. The first-order valence-electron chi connectivity index (χ1n) is 5.50. The Morgan fingerprint density at radius 1 is 1.26 bits per heavy atom. The van der Waals surface area contributed by atoms with Gasteiger partial charge < -0.3 is 5.32 Å². The molecule has 19 heavy (non-hydrogen) atoms. The average molecular weight is 258 g/mol. The number of rotatable bonds is 3. The van der Waals surface area contributed by atoms with Gasteiger partial charge in [0.05, 0.1) is 11.3 Å². The van der Waals surface area contributed by atoms with E-state index >= 15 is 0 Å². The maximum absolute atomic E-state index is 11.7. The van der Waals surface area contributed by atoms with Crippen molar-refractivity contribution in [1.29, 1.82) is 5.26 Å². The van der Waals surface area contributed by atoms with Crippen LogP contribution in [0.4, 0.5) is 5.69 Å². The molecular formula is C12H10N4O3. The summed E-state index contributed by atoms with van der Waals surface area (Å²) in [6, 6.07) is 8.42.